The highest BCUT2D eigenvalue weighted by molar-refractivity contribution is 6.06. The fourth-order valence-electron chi connectivity index (χ4n) is 8.21. The fourth-order valence-corrected chi connectivity index (χ4v) is 8.21. The summed E-state index contributed by atoms with van der Waals surface area (Å²) in [5.41, 5.74) is 10.3. The Bertz CT molecular complexity index is 2950. The van der Waals surface area contributed by atoms with Gasteiger partial charge in [0.15, 0.2) is 17.5 Å². The lowest BCUT2D eigenvalue weighted by atomic mass is 9.82. The first-order valence-electron chi connectivity index (χ1n) is 17.9. The van der Waals surface area contributed by atoms with Crippen LogP contribution < -0.4 is 0 Å². The van der Waals surface area contributed by atoms with Crippen LogP contribution in [0.15, 0.2) is 148 Å². The van der Waals surface area contributed by atoms with E-state index in [1.54, 1.807) is 0 Å². The highest BCUT2D eigenvalue weighted by Gasteiger charge is 2.30. The van der Waals surface area contributed by atoms with Crippen LogP contribution in [0.1, 0.15) is 46.2 Å². The van der Waals surface area contributed by atoms with E-state index < -0.39 is 0 Å². The van der Waals surface area contributed by atoms with E-state index in [0.717, 1.165) is 80.2 Å². The molecule has 0 bridgehead atoms. The van der Waals surface area contributed by atoms with Gasteiger partial charge >= 0.3 is 0 Å². The van der Waals surface area contributed by atoms with Crippen LogP contribution in [0.4, 0.5) is 0 Å². The van der Waals surface area contributed by atoms with E-state index in [9.17, 15) is 0 Å². The van der Waals surface area contributed by atoms with Gasteiger partial charge < -0.3 is 8.83 Å². The lowest BCUT2D eigenvalue weighted by Crippen LogP contribution is -2.11. The monoisotopic (exact) mass is 669 g/mol. The number of furan rings is 2. The van der Waals surface area contributed by atoms with E-state index in [2.05, 4.69) is 78.9 Å². The van der Waals surface area contributed by atoms with E-state index in [1.807, 2.05) is 66.7 Å². The van der Waals surface area contributed by atoms with Crippen LogP contribution in [0.3, 0.4) is 0 Å². The molecule has 3 heterocycles. The van der Waals surface area contributed by atoms with Crippen molar-refractivity contribution < 1.29 is 8.83 Å². The molecule has 2 aliphatic rings. The van der Waals surface area contributed by atoms with Crippen molar-refractivity contribution in [3.63, 3.8) is 0 Å². The summed E-state index contributed by atoms with van der Waals surface area (Å²) in [4.78, 5) is 15.5. The van der Waals surface area contributed by atoms with Gasteiger partial charge in [0.25, 0.3) is 0 Å². The second-order valence-corrected chi connectivity index (χ2v) is 13.8. The summed E-state index contributed by atoms with van der Waals surface area (Å²) in [7, 11) is 0. The van der Waals surface area contributed by atoms with Crippen molar-refractivity contribution in [2.24, 2.45) is 0 Å². The molecular weight excluding hydrogens is 639 g/mol. The van der Waals surface area contributed by atoms with Gasteiger partial charge in [-0.15, -0.1) is 0 Å². The zero-order valence-electron chi connectivity index (χ0n) is 28.2. The standard InChI is InChI=1S/C47H31N3O2/c1-2-11-30(12-3-1)45-48-46(32-22-23-36-35-14-6-8-16-40(35)51-42(36)26-32)50-47(49-45)39-25-33(27-43-44(39)37-15-7-9-17-41(37)52-43)31-21-20-29-19-18-28-10-4-5-13-34(28)38(29)24-31/h1-4,6-12,14-26,33H,5,13,27H2. The first-order valence-corrected chi connectivity index (χ1v) is 17.9. The zero-order valence-corrected chi connectivity index (χ0v) is 28.2. The fraction of sp³-hybridized carbons (Fsp3) is 0.0851. The molecule has 0 fully saturated rings. The topological polar surface area (TPSA) is 65.0 Å². The van der Waals surface area contributed by atoms with Crippen LogP contribution in [0.5, 0.6) is 0 Å². The van der Waals surface area contributed by atoms with Crippen molar-refractivity contribution in [3.05, 3.63) is 173 Å². The summed E-state index contributed by atoms with van der Waals surface area (Å²) >= 11 is 0. The van der Waals surface area contributed by atoms with Crippen molar-refractivity contribution in [2.45, 2.75) is 25.2 Å². The van der Waals surface area contributed by atoms with Crippen molar-refractivity contribution in [1.29, 1.82) is 0 Å². The number of hydrogen-bond donors (Lipinski definition) is 0. The third-order valence-electron chi connectivity index (χ3n) is 10.7. The number of aromatic nitrogens is 3. The Balaban J connectivity index is 1.12. The predicted octanol–water partition coefficient (Wildman–Crippen LogP) is 11.7. The quantitative estimate of drug-likeness (QED) is 0.187. The Kier molecular flexibility index (Phi) is 6.44. The number of aryl methyl sites for hydroxylation is 1. The number of fused-ring (bicyclic) bond motifs is 9. The van der Waals surface area contributed by atoms with Crippen LogP contribution in [-0.4, -0.2) is 15.0 Å². The van der Waals surface area contributed by atoms with Crippen LogP contribution >= 0.6 is 0 Å². The van der Waals surface area contributed by atoms with E-state index in [1.165, 1.54) is 27.5 Å². The molecule has 5 nitrogen and oxygen atoms in total. The molecule has 2 aliphatic carbocycles. The van der Waals surface area contributed by atoms with Crippen LogP contribution in [-0.2, 0) is 12.8 Å². The van der Waals surface area contributed by atoms with Gasteiger partial charge in [0.2, 0.25) is 0 Å². The average molecular weight is 670 g/mol. The predicted molar refractivity (Wildman–Crippen MR) is 209 cm³/mol. The Morgan fingerprint density at radius 3 is 2.17 bits per heavy atom. The van der Waals surface area contributed by atoms with Gasteiger partial charge in [-0.05, 0) is 64.6 Å². The Morgan fingerprint density at radius 1 is 0.558 bits per heavy atom. The Hall–Kier alpha value is -6.59. The van der Waals surface area contributed by atoms with Gasteiger partial charge in [0.05, 0.1) is 0 Å². The molecule has 6 aromatic carbocycles. The number of rotatable bonds is 4. The maximum Gasteiger partial charge on any atom is 0.164 e. The molecule has 11 rings (SSSR count). The van der Waals surface area contributed by atoms with Gasteiger partial charge in [0, 0.05) is 50.8 Å². The van der Waals surface area contributed by atoms with E-state index in [-0.39, 0.29) is 5.92 Å². The van der Waals surface area contributed by atoms with Gasteiger partial charge in [-0.3, -0.25) is 0 Å². The molecule has 52 heavy (non-hydrogen) atoms. The average Bonchev–Trinajstić information content (AvgIpc) is 3.78. The molecule has 0 N–H and O–H groups in total. The highest BCUT2D eigenvalue weighted by Crippen LogP contribution is 2.44. The lowest BCUT2D eigenvalue weighted by Gasteiger charge is -2.22. The van der Waals surface area contributed by atoms with Crippen molar-refractivity contribution >= 4 is 55.3 Å². The largest absolute Gasteiger partial charge is 0.460 e. The zero-order chi connectivity index (χ0) is 34.2. The van der Waals surface area contributed by atoms with Gasteiger partial charge in [-0.2, -0.15) is 0 Å². The number of para-hydroxylation sites is 2. The van der Waals surface area contributed by atoms with E-state index in [4.69, 9.17) is 23.8 Å². The minimum Gasteiger partial charge on any atom is -0.460 e. The molecular formula is C47H31N3O2. The van der Waals surface area contributed by atoms with Gasteiger partial charge in [-0.1, -0.05) is 121 Å². The maximum atomic E-state index is 6.65. The number of benzene rings is 6. The SMILES string of the molecule is C1=Cc2ccc3ccc(C4C=C(c5nc(-c6ccccc6)nc(-c6ccc7c(c6)oc6ccccc67)n5)c5c(oc6ccccc56)C4)cc3c2CC1. The number of nitrogens with zero attached hydrogens (tertiary/aromatic N) is 3. The first-order chi connectivity index (χ1) is 25.7. The summed E-state index contributed by atoms with van der Waals surface area (Å²) in [5, 5.41) is 5.83. The third kappa shape index (κ3) is 4.66. The normalized spacial score (nSPS) is 15.3. The molecule has 0 aliphatic heterocycles. The summed E-state index contributed by atoms with van der Waals surface area (Å²) in [5.74, 6) is 2.85. The number of hydrogen-bond acceptors (Lipinski definition) is 5. The van der Waals surface area contributed by atoms with Crippen molar-refractivity contribution in [2.75, 3.05) is 0 Å². The maximum absolute atomic E-state index is 6.65. The number of allylic oxidation sites excluding steroid dienone is 2. The highest BCUT2D eigenvalue weighted by atomic mass is 16.3. The first kappa shape index (κ1) is 29.2. The van der Waals surface area contributed by atoms with Crippen molar-refractivity contribution in [1.82, 2.24) is 15.0 Å². The summed E-state index contributed by atoms with van der Waals surface area (Å²) in [6.07, 6.45) is 9.78. The smallest absolute Gasteiger partial charge is 0.164 e. The minimum absolute atomic E-state index is 0.0646. The summed E-state index contributed by atoms with van der Waals surface area (Å²) in [6.45, 7) is 0. The van der Waals surface area contributed by atoms with Crippen molar-refractivity contribution in [3.8, 4) is 22.8 Å². The third-order valence-corrected chi connectivity index (χ3v) is 10.7. The second-order valence-electron chi connectivity index (χ2n) is 13.8. The van der Waals surface area contributed by atoms with E-state index >= 15 is 0 Å². The second kappa shape index (κ2) is 11.5. The molecule has 9 aromatic rings. The molecule has 1 unspecified atom stereocenters. The van der Waals surface area contributed by atoms with Crippen LogP contribution in [0, 0.1) is 0 Å². The Labute approximate surface area is 299 Å². The molecule has 0 spiro atoms. The molecule has 5 heteroatoms. The molecule has 0 amide bonds. The van der Waals surface area contributed by atoms with E-state index in [0.29, 0.717) is 17.5 Å². The molecule has 246 valence electrons. The van der Waals surface area contributed by atoms with Gasteiger partial charge in [-0.25, -0.2) is 15.0 Å². The summed E-state index contributed by atoms with van der Waals surface area (Å²) < 4.78 is 12.9. The Morgan fingerprint density at radius 2 is 1.29 bits per heavy atom. The minimum atomic E-state index is 0.0646. The molecule has 0 radical (unpaired) electrons. The molecule has 0 saturated carbocycles. The molecule has 1 atom stereocenters. The van der Waals surface area contributed by atoms with Gasteiger partial charge in [0.1, 0.15) is 22.5 Å². The summed E-state index contributed by atoms with van der Waals surface area (Å²) in [6, 6.07) is 44.2. The lowest BCUT2D eigenvalue weighted by molar-refractivity contribution is 0.531. The molecule has 3 aromatic heterocycles. The van der Waals surface area contributed by atoms with Crippen LogP contribution in [0.25, 0.3) is 78.1 Å². The van der Waals surface area contributed by atoms with Crippen LogP contribution in [0.2, 0.25) is 0 Å². The molecule has 0 saturated heterocycles.